The van der Waals surface area contributed by atoms with Gasteiger partial charge in [-0.25, -0.2) is 0 Å². The minimum atomic E-state index is -0.640. The van der Waals surface area contributed by atoms with Crippen LogP contribution in [0.5, 0.6) is 5.75 Å². The van der Waals surface area contributed by atoms with Crippen molar-refractivity contribution >= 4 is 46.5 Å². The van der Waals surface area contributed by atoms with Crippen molar-refractivity contribution in [1.82, 2.24) is 4.90 Å². The highest BCUT2D eigenvalue weighted by Crippen LogP contribution is 2.35. The number of esters is 1. The number of unbranched alkanes of at least 4 members (excludes halogenated alkanes) is 1. The Morgan fingerprint density at radius 3 is 2.41 bits per heavy atom. The van der Waals surface area contributed by atoms with E-state index in [1.54, 1.807) is 4.90 Å². The van der Waals surface area contributed by atoms with Crippen LogP contribution in [-0.4, -0.2) is 62.3 Å². The van der Waals surface area contributed by atoms with Gasteiger partial charge in [-0.2, -0.15) is 0 Å². The second kappa shape index (κ2) is 14.6. The molecular formula is C32H43Cl2N3O4. The van der Waals surface area contributed by atoms with Gasteiger partial charge in [0.25, 0.3) is 0 Å². The van der Waals surface area contributed by atoms with Crippen LogP contribution in [0.15, 0.2) is 36.4 Å². The average Bonchev–Trinajstić information content (AvgIpc) is 2.93. The van der Waals surface area contributed by atoms with E-state index in [-0.39, 0.29) is 23.7 Å². The van der Waals surface area contributed by atoms with Gasteiger partial charge in [0.05, 0.1) is 28.0 Å². The van der Waals surface area contributed by atoms with Crippen LogP contribution >= 0.6 is 23.2 Å². The summed E-state index contributed by atoms with van der Waals surface area (Å²) in [4.78, 5) is 32.0. The number of fused-ring (bicyclic) bond motifs is 1. The Hall–Kier alpha value is -2.48. The Morgan fingerprint density at radius 1 is 0.951 bits per heavy atom. The van der Waals surface area contributed by atoms with E-state index in [9.17, 15) is 9.59 Å². The summed E-state index contributed by atoms with van der Waals surface area (Å²) >= 11 is 12.6. The molecule has 1 atom stereocenters. The molecule has 2 aliphatic rings. The molecule has 2 aromatic carbocycles. The molecule has 7 nitrogen and oxygen atoms in total. The van der Waals surface area contributed by atoms with Crippen LogP contribution in [-0.2, 0) is 20.7 Å². The number of piperazine rings is 1. The molecule has 1 unspecified atom stereocenters. The van der Waals surface area contributed by atoms with Crippen molar-refractivity contribution in [2.45, 2.75) is 66.0 Å². The Kier molecular flexibility index (Phi) is 11.2. The van der Waals surface area contributed by atoms with Crippen molar-refractivity contribution in [2.24, 2.45) is 11.8 Å². The highest BCUT2D eigenvalue weighted by atomic mass is 35.5. The Bertz CT molecular complexity index is 1200. The van der Waals surface area contributed by atoms with Gasteiger partial charge in [0.2, 0.25) is 5.91 Å². The van der Waals surface area contributed by atoms with Crippen LogP contribution in [0.1, 0.15) is 58.9 Å². The molecule has 0 radical (unpaired) electrons. The van der Waals surface area contributed by atoms with E-state index in [0.29, 0.717) is 35.9 Å². The highest BCUT2D eigenvalue weighted by molar-refractivity contribution is 6.43. The minimum Gasteiger partial charge on any atom is -0.494 e. The zero-order valence-electron chi connectivity index (χ0n) is 24.7. The third kappa shape index (κ3) is 8.30. The van der Waals surface area contributed by atoms with Gasteiger partial charge in [-0.15, -0.1) is 0 Å². The SMILES string of the molecule is CC(C)CC(=O)OC(C(C)C)N1C(=O)CCc2ccc(OCCCCN3CCN(c4cccc(Cl)c4Cl)CC3)cc21. The van der Waals surface area contributed by atoms with E-state index >= 15 is 0 Å². The number of carbonyl (C=O) groups is 2. The highest BCUT2D eigenvalue weighted by Gasteiger charge is 2.35. The first-order valence-electron chi connectivity index (χ1n) is 14.8. The monoisotopic (exact) mass is 603 g/mol. The van der Waals surface area contributed by atoms with Crippen LogP contribution in [0, 0.1) is 11.8 Å². The van der Waals surface area contributed by atoms with Crippen LogP contribution in [0.4, 0.5) is 11.4 Å². The number of hydrogen-bond acceptors (Lipinski definition) is 6. The third-order valence-electron chi connectivity index (χ3n) is 7.63. The van der Waals surface area contributed by atoms with E-state index in [4.69, 9.17) is 32.7 Å². The fraction of sp³-hybridized carbons (Fsp3) is 0.562. The molecule has 9 heteroatoms. The first-order valence-corrected chi connectivity index (χ1v) is 15.6. The summed E-state index contributed by atoms with van der Waals surface area (Å²) in [6.45, 7) is 13.3. The number of rotatable bonds is 12. The zero-order chi connectivity index (χ0) is 29.5. The predicted molar refractivity (Wildman–Crippen MR) is 166 cm³/mol. The maximum absolute atomic E-state index is 13.1. The van der Waals surface area contributed by atoms with Gasteiger partial charge in [0.1, 0.15) is 5.75 Å². The van der Waals surface area contributed by atoms with E-state index in [0.717, 1.165) is 68.3 Å². The van der Waals surface area contributed by atoms with Crippen LogP contribution in [0.3, 0.4) is 0 Å². The number of carbonyl (C=O) groups excluding carboxylic acids is 2. The van der Waals surface area contributed by atoms with Crippen LogP contribution < -0.4 is 14.5 Å². The maximum atomic E-state index is 13.1. The number of nitrogens with zero attached hydrogens (tertiary/aromatic N) is 3. The molecule has 2 aliphatic heterocycles. The van der Waals surface area contributed by atoms with Gasteiger partial charge in [-0.05, 0) is 55.5 Å². The molecule has 2 aromatic rings. The lowest BCUT2D eigenvalue weighted by Crippen LogP contribution is -2.48. The summed E-state index contributed by atoms with van der Waals surface area (Å²) < 4.78 is 12.0. The topological polar surface area (TPSA) is 62.3 Å². The van der Waals surface area contributed by atoms with Crippen molar-refractivity contribution in [2.75, 3.05) is 49.1 Å². The molecule has 2 heterocycles. The van der Waals surface area contributed by atoms with Gasteiger partial charge in [-0.3, -0.25) is 19.4 Å². The molecule has 1 saturated heterocycles. The molecule has 0 aliphatic carbocycles. The molecule has 41 heavy (non-hydrogen) atoms. The van der Waals surface area contributed by atoms with Crippen LogP contribution in [0.2, 0.25) is 10.0 Å². The summed E-state index contributed by atoms with van der Waals surface area (Å²) in [7, 11) is 0. The standard InChI is InChI=1S/C32H43Cl2N3O4/c1-22(2)20-30(39)41-32(23(3)4)37-28-21-25(12-10-24(28)11-13-29(37)38)40-19-6-5-14-35-15-17-36(18-16-35)27-9-7-8-26(33)31(27)34/h7-10,12,21-23,32H,5-6,11,13-20H2,1-4H3. The summed E-state index contributed by atoms with van der Waals surface area (Å²) in [6.07, 6.45) is 2.73. The number of amides is 1. The fourth-order valence-corrected chi connectivity index (χ4v) is 5.84. The molecule has 0 aromatic heterocycles. The molecule has 0 spiro atoms. The normalized spacial score (nSPS) is 16.7. The van der Waals surface area contributed by atoms with Crippen LogP contribution in [0.25, 0.3) is 0 Å². The number of hydrogen-bond donors (Lipinski definition) is 0. The van der Waals surface area contributed by atoms with E-state index in [2.05, 4.69) is 9.80 Å². The van der Waals surface area contributed by atoms with Gasteiger partial charge in [0, 0.05) is 51.0 Å². The van der Waals surface area contributed by atoms with E-state index in [1.807, 2.05) is 64.1 Å². The smallest absolute Gasteiger partial charge is 0.307 e. The zero-order valence-corrected chi connectivity index (χ0v) is 26.2. The molecule has 4 rings (SSSR count). The number of halogens is 2. The van der Waals surface area contributed by atoms with Crippen molar-refractivity contribution in [3.05, 3.63) is 52.0 Å². The lowest BCUT2D eigenvalue weighted by Gasteiger charge is -2.37. The van der Waals surface area contributed by atoms with Crippen molar-refractivity contribution in [1.29, 1.82) is 0 Å². The Balaban J connectivity index is 1.27. The lowest BCUT2D eigenvalue weighted by molar-refractivity contribution is -0.153. The van der Waals surface area contributed by atoms with Gasteiger partial charge >= 0.3 is 5.97 Å². The summed E-state index contributed by atoms with van der Waals surface area (Å²) in [5, 5.41) is 1.22. The molecular weight excluding hydrogens is 561 g/mol. The molecule has 1 amide bonds. The second-order valence-electron chi connectivity index (χ2n) is 11.7. The average molecular weight is 605 g/mol. The number of anilines is 2. The maximum Gasteiger partial charge on any atom is 0.307 e. The lowest BCUT2D eigenvalue weighted by atomic mass is 9.98. The quantitative estimate of drug-likeness (QED) is 0.196. The summed E-state index contributed by atoms with van der Waals surface area (Å²) in [5.41, 5.74) is 2.86. The first-order chi connectivity index (χ1) is 19.6. The number of aryl methyl sites for hydroxylation is 1. The molecule has 1 fully saturated rings. The van der Waals surface area contributed by atoms with Gasteiger partial charge < -0.3 is 14.4 Å². The summed E-state index contributed by atoms with van der Waals surface area (Å²) in [6, 6.07) is 11.7. The molecule has 0 bridgehead atoms. The van der Waals surface area contributed by atoms with Gasteiger partial charge in [-0.1, -0.05) is 63.0 Å². The molecule has 0 N–H and O–H groups in total. The third-order valence-corrected chi connectivity index (χ3v) is 8.44. The summed E-state index contributed by atoms with van der Waals surface area (Å²) in [5.74, 6) is 0.572. The van der Waals surface area contributed by atoms with Crippen molar-refractivity contribution in [3.8, 4) is 5.75 Å². The Labute approximate surface area is 254 Å². The van der Waals surface area contributed by atoms with Gasteiger partial charge in [0.15, 0.2) is 6.23 Å². The van der Waals surface area contributed by atoms with E-state index < -0.39 is 6.23 Å². The molecule has 224 valence electrons. The van der Waals surface area contributed by atoms with E-state index in [1.165, 1.54) is 0 Å². The minimum absolute atomic E-state index is 0.0246. The van der Waals surface area contributed by atoms with Crippen molar-refractivity contribution < 1.29 is 19.1 Å². The molecule has 0 saturated carbocycles. The van der Waals surface area contributed by atoms with Crippen molar-refractivity contribution in [3.63, 3.8) is 0 Å². The second-order valence-corrected chi connectivity index (χ2v) is 12.5. The number of ether oxygens (including phenoxy) is 2. The first kappa shape index (κ1) is 31.5. The Morgan fingerprint density at radius 2 is 1.71 bits per heavy atom. The fourth-order valence-electron chi connectivity index (χ4n) is 5.42. The largest absolute Gasteiger partial charge is 0.494 e. The number of benzene rings is 2. The predicted octanol–water partition coefficient (Wildman–Crippen LogP) is 6.83.